The third-order valence-electron chi connectivity index (χ3n) is 3.70. The summed E-state index contributed by atoms with van der Waals surface area (Å²) >= 11 is 3.27. The second-order valence-electron chi connectivity index (χ2n) is 5.65. The zero-order valence-corrected chi connectivity index (χ0v) is 16.5. The van der Waals surface area contributed by atoms with Crippen LogP contribution in [0.5, 0.6) is 11.5 Å². The lowest BCUT2D eigenvalue weighted by molar-refractivity contribution is -0.132. The van der Waals surface area contributed by atoms with Crippen LogP contribution in [0.2, 0.25) is 0 Å². The number of amides is 1. The first-order chi connectivity index (χ1) is 12.9. The number of carbonyl (C=O) groups excluding carboxylic acids is 1. The second kappa shape index (κ2) is 10.2. The molecule has 1 N–H and O–H groups in total. The molecule has 0 radical (unpaired) electrons. The van der Waals surface area contributed by atoms with Gasteiger partial charge in [-0.25, -0.2) is 0 Å². The molecule has 1 amide bonds. The number of halogens is 3. The van der Waals surface area contributed by atoms with Crippen molar-refractivity contribution in [2.45, 2.75) is 32.8 Å². The summed E-state index contributed by atoms with van der Waals surface area (Å²) in [4.78, 5) is 12.2. The van der Waals surface area contributed by atoms with E-state index in [9.17, 15) is 13.6 Å². The summed E-state index contributed by atoms with van der Waals surface area (Å²) in [7, 11) is 1.57. The topological polar surface area (TPSA) is 56.8 Å². The van der Waals surface area contributed by atoms with Crippen LogP contribution >= 0.6 is 15.9 Å². The van der Waals surface area contributed by atoms with Gasteiger partial charge in [0.1, 0.15) is 17.6 Å². The lowest BCUT2D eigenvalue weighted by Gasteiger charge is -2.15. The van der Waals surface area contributed by atoms with Crippen molar-refractivity contribution >= 4 is 21.8 Å². The first kappa shape index (κ1) is 21.1. The molecule has 1 unspecified atom stereocenters. The smallest absolute Gasteiger partial charge is 0.387 e. The van der Waals surface area contributed by atoms with E-state index in [1.165, 1.54) is 6.07 Å². The quantitative estimate of drug-likeness (QED) is 0.628. The Labute approximate surface area is 164 Å². The normalized spacial score (nSPS) is 11.9. The average Bonchev–Trinajstić information content (AvgIpc) is 2.65. The van der Waals surface area contributed by atoms with Crippen LogP contribution in [0, 0.1) is 0 Å². The number of ether oxygens (including phenoxy) is 3. The Kier molecular flexibility index (Phi) is 7.99. The summed E-state index contributed by atoms with van der Waals surface area (Å²) in [6.07, 6.45) is -0.720. The van der Waals surface area contributed by atoms with Crippen LogP contribution in [-0.4, -0.2) is 25.7 Å². The van der Waals surface area contributed by atoms with Crippen molar-refractivity contribution in [3.63, 3.8) is 0 Å². The zero-order chi connectivity index (χ0) is 19.8. The van der Waals surface area contributed by atoms with Crippen LogP contribution in [0.25, 0.3) is 0 Å². The van der Waals surface area contributed by atoms with E-state index in [1.54, 1.807) is 26.2 Å². The molecule has 27 heavy (non-hydrogen) atoms. The molecule has 0 fully saturated rings. The Morgan fingerprint density at radius 1 is 1.22 bits per heavy atom. The van der Waals surface area contributed by atoms with Crippen molar-refractivity contribution in [2.75, 3.05) is 7.11 Å². The van der Waals surface area contributed by atoms with Crippen LogP contribution in [0.1, 0.15) is 18.1 Å². The van der Waals surface area contributed by atoms with Gasteiger partial charge in [-0.1, -0.05) is 28.1 Å². The second-order valence-corrected chi connectivity index (χ2v) is 6.57. The molecule has 0 aromatic heterocycles. The van der Waals surface area contributed by atoms with Gasteiger partial charge in [-0.05, 0) is 42.8 Å². The van der Waals surface area contributed by atoms with Gasteiger partial charge in [0.2, 0.25) is 5.91 Å². The summed E-state index contributed by atoms with van der Waals surface area (Å²) in [6, 6.07) is 11.9. The van der Waals surface area contributed by atoms with Crippen molar-refractivity contribution < 1.29 is 27.8 Å². The molecule has 0 heterocycles. The summed E-state index contributed by atoms with van der Waals surface area (Å²) in [5.41, 5.74) is 1.30. The van der Waals surface area contributed by atoms with E-state index in [2.05, 4.69) is 26.0 Å². The van der Waals surface area contributed by atoms with Crippen molar-refractivity contribution in [3.05, 3.63) is 58.1 Å². The first-order valence-corrected chi connectivity index (χ1v) is 8.94. The van der Waals surface area contributed by atoms with Gasteiger partial charge in [0.15, 0.2) is 0 Å². The lowest BCUT2D eigenvalue weighted by atomic mass is 10.2. The van der Waals surface area contributed by atoms with E-state index < -0.39 is 12.7 Å². The summed E-state index contributed by atoms with van der Waals surface area (Å²) in [5, 5.41) is 2.66. The molecule has 2 aromatic rings. The molecule has 2 aromatic carbocycles. The minimum absolute atomic E-state index is 0.0125. The van der Waals surface area contributed by atoms with Crippen molar-refractivity contribution in [1.82, 2.24) is 5.32 Å². The number of methoxy groups -OCH3 is 1. The molecule has 8 heteroatoms. The summed E-state index contributed by atoms with van der Waals surface area (Å²) in [6.45, 7) is -1.05. The summed E-state index contributed by atoms with van der Waals surface area (Å²) in [5.74, 6) is 0.355. The SMILES string of the molecule is COc1cccc(COC(C)C(=O)NCc2cc(Br)ccc2OC(F)F)c1. The van der Waals surface area contributed by atoms with Gasteiger partial charge < -0.3 is 19.5 Å². The van der Waals surface area contributed by atoms with E-state index in [0.717, 1.165) is 5.56 Å². The number of benzene rings is 2. The Balaban J connectivity index is 1.90. The summed E-state index contributed by atoms with van der Waals surface area (Å²) < 4.78 is 40.9. The molecule has 0 spiro atoms. The number of hydrogen-bond acceptors (Lipinski definition) is 4. The minimum Gasteiger partial charge on any atom is -0.497 e. The molecule has 2 rings (SSSR count). The molecule has 5 nitrogen and oxygen atoms in total. The van der Waals surface area contributed by atoms with Crippen LogP contribution in [-0.2, 0) is 22.7 Å². The molecule has 146 valence electrons. The van der Waals surface area contributed by atoms with Crippen LogP contribution < -0.4 is 14.8 Å². The maximum Gasteiger partial charge on any atom is 0.387 e. The lowest BCUT2D eigenvalue weighted by Crippen LogP contribution is -2.34. The number of alkyl halides is 2. The molecule has 0 saturated heterocycles. The molecule has 1 atom stereocenters. The predicted octanol–water partition coefficient (Wildman–Crippen LogP) is 4.28. The number of rotatable bonds is 9. The van der Waals surface area contributed by atoms with E-state index >= 15 is 0 Å². The zero-order valence-electron chi connectivity index (χ0n) is 14.9. The molecule has 0 saturated carbocycles. The van der Waals surface area contributed by atoms with E-state index in [0.29, 0.717) is 15.8 Å². The van der Waals surface area contributed by atoms with Crippen LogP contribution in [0.3, 0.4) is 0 Å². The highest BCUT2D eigenvalue weighted by atomic mass is 79.9. The first-order valence-electron chi connectivity index (χ1n) is 8.14. The van der Waals surface area contributed by atoms with Crippen molar-refractivity contribution in [2.24, 2.45) is 0 Å². The van der Waals surface area contributed by atoms with E-state index in [1.807, 2.05) is 24.3 Å². The molecule has 0 bridgehead atoms. The van der Waals surface area contributed by atoms with Crippen LogP contribution in [0.4, 0.5) is 8.78 Å². The van der Waals surface area contributed by atoms with Gasteiger partial charge in [-0.15, -0.1) is 0 Å². The maximum atomic E-state index is 12.5. The van der Waals surface area contributed by atoms with Crippen molar-refractivity contribution in [3.8, 4) is 11.5 Å². The minimum atomic E-state index is -2.94. The predicted molar refractivity (Wildman–Crippen MR) is 99.9 cm³/mol. The Morgan fingerprint density at radius 2 is 2.00 bits per heavy atom. The highest BCUT2D eigenvalue weighted by Gasteiger charge is 2.16. The van der Waals surface area contributed by atoms with Crippen molar-refractivity contribution in [1.29, 1.82) is 0 Å². The highest BCUT2D eigenvalue weighted by molar-refractivity contribution is 9.10. The number of nitrogens with one attached hydrogen (secondary N) is 1. The van der Waals surface area contributed by atoms with E-state index in [-0.39, 0.29) is 24.8 Å². The molecule has 0 aliphatic rings. The van der Waals surface area contributed by atoms with Gasteiger partial charge in [0.25, 0.3) is 0 Å². The fourth-order valence-corrected chi connectivity index (χ4v) is 2.69. The molecular formula is C19H20BrF2NO4. The third-order valence-corrected chi connectivity index (χ3v) is 4.19. The van der Waals surface area contributed by atoms with E-state index in [4.69, 9.17) is 9.47 Å². The Hall–Kier alpha value is -2.19. The standard InChI is InChI=1S/C19H20BrF2NO4/c1-12(26-11-13-4-3-5-16(8-13)25-2)18(24)23-10-14-9-15(20)6-7-17(14)27-19(21)22/h3-9,12,19H,10-11H2,1-2H3,(H,23,24). The van der Waals surface area contributed by atoms with Gasteiger partial charge in [0, 0.05) is 16.6 Å². The Morgan fingerprint density at radius 3 is 2.70 bits per heavy atom. The monoisotopic (exact) mass is 443 g/mol. The number of hydrogen-bond donors (Lipinski definition) is 1. The highest BCUT2D eigenvalue weighted by Crippen LogP contribution is 2.24. The fraction of sp³-hybridized carbons (Fsp3) is 0.316. The molecular weight excluding hydrogens is 424 g/mol. The van der Waals surface area contributed by atoms with Gasteiger partial charge >= 0.3 is 6.61 Å². The van der Waals surface area contributed by atoms with Gasteiger partial charge in [-0.3, -0.25) is 4.79 Å². The van der Waals surface area contributed by atoms with Crippen LogP contribution in [0.15, 0.2) is 46.9 Å². The number of carbonyl (C=O) groups is 1. The maximum absolute atomic E-state index is 12.5. The third kappa shape index (κ3) is 6.80. The average molecular weight is 444 g/mol. The molecule has 0 aliphatic heterocycles. The Bertz CT molecular complexity index is 773. The fourth-order valence-electron chi connectivity index (χ4n) is 2.28. The van der Waals surface area contributed by atoms with Gasteiger partial charge in [-0.2, -0.15) is 8.78 Å². The molecule has 0 aliphatic carbocycles. The largest absolute Gasteiger partial charge is 0.497 e. The van der Waals surface area contributed by atoms with Gasteiger partial charge in [0.05, 0.1) is 13.7 Å².